The summed E-state index contributed by atoms with van der Waals surface area (Å²) in [5, 5.41) is 13.5. The van der Waals surface area contributed by atoms with E-state index in [1.165, 1.54) is 6.21 Å². The minimum atomic E-state index is -0.261. The molecule has 0 spiro atoms. The Balaban J connectivity index is 1.70. The third-order valence-electron chi connectivity index (χ3n) is 3.48. The SMILES string of the molecule is Cc1nc2ccccc2n1CC(=O)NN=Cc1ccccc1O. The highest BCUT2D eigenvalue weighted by Gasteiger charge is 2.09. The van der Waals surface area contributed by atoms with E-state index in [0.29, 0.717) is 5.56 Å². The van der Waals surface area contributed by atoms with Gasteiger partial charge in [0.15, 0.2) is 0 Å². The van der Waals surface area contributed by atoms with Gasteiger partial charge in [0.25, 0.3) is 5.91 Å². The molecule has 0 aliphatic carbocycles. The fraction of sp³-hybridized carbons (Fsp3) is 0.118. The number of hydrogen-bond donors (Lipinski definition) is 2. The first-order chi connectivity index (χ1) is 11.1. The van der Waals surface area contributed by atoms with E-state index >= 15 is 0 Å². The van der Waals surface area contributed by atoms with E-state index in [-0.39, 0.29) is 18.2 Å². The summed E-state index contributed by atoms with van der Waals surface area (Å²) in [4.78, 5) is 16.5. The van der Waals surface area contributed by atoms with Gasteiger partial charge in [-0.25, -0.2) is 10.4 Å². The average molecular weight is 308 g/mol. The van der Waals surface area contributed by atoms with Gasteiger partial charge in [-0.15, -0.1) is 0 Å². The lowest BCUT2D eigenvalue weighted by molar-refractivity contribution is -0.121. The van der Waals surface area contributed by atoms with Crippen molar-refractivity contribution in [3.05, 3.63) is 59.9 Å². The Morgan fingerprint density at radius 1 is 1.26 bits per heavy atom. The maximum absolute atomic E-state index is 12.0. The zero-order chi connectivity index (χ0) is 16.2. The van der Waals surface area contributed by atoms with Crippen molar-refractivity contribution in [1.29, 1.82) is 0 Å². The van der Waals surface area contributed by atoms with E-state index in [0.717, 1.165) is 16.9 Å². The lowest BCUT2D eigenvalue weighted by Crippen LogP contribution is -2.23. The number of aromatic hydroxyl groups is 1. The van der Waals surface area contributed by atoms with Gasteiger partial charge in [-0.1, -0.05) is 24.3 Å². The number of benzene rings is 2. The molecule has 0 bridgehead atoms. The second-order valence-corrected chi connectivity index (χ2v) is 5.09. The Morgan fingerprint density at radius 3 is 2.83 bits per heavy atom. The zero-order valence-electron chi connectivity index (χ0n) is 12.6. The number of rotatable bonds is 4. The van der Waals surface area contributed by atoms with Crippen LogP contribution in [0.5, 0.6) is 5.75 Å². The molecule has 3 rings (SSSR count). The maximum atomic E-state index is 12.0. The summed E-state index contributed by atoms with van der Waals surface area (Å²) >= 11 is 0. The summed E-state index contributed by atoms with van der Waals surface area (Å²) < 4.78 is 1.83. The van der Waals surface area contributed by atoms with E-state index in [1.54, 1.807) is 24.3 Å². The molecule has 116 valence electrons. The van der Waals surface area contributed by atoms with Crippen LogP contribution in [-0.4, -0.2) is 26.8 Å². The highest BCUT2D eigenvalue weighted by molar-refractivity contribution is 5.85. The molecule has 0 atom stereocenters. The number of nitrogens with zero attached hydrogens (tertiary/aromatic N) is 3. The second-order valence-electron chi connectivity index (χ2n) is 5.09. The number of phenols is 1. The van der Waals surface area contributed by atoms with E-state index < -0.39 is 0 Å². The number of carbonyl (C=O) groups is 1. The lowest BCUT2D eigenvalue weighted by Gasteiger charge is -2.05. The van der Waals surface area contributed by atoms with Gasteiger partial charge in [0.1, 0.15) is 18.1 Å². The topological polar surface area (TPSA) is 79.5 Å². The minimum absolute atomic E-state index is 0.113. The number of phenolic OH excluding ortho intramolecular Hbond substituents is 1. The number of amides is 1. The monoisotopic (exact) mass is 308 g/mol. The number of aromatic nitrogens is 2. The van der Waals surface area contributed by atoms with Gasteiger partial charge in [-0.3, -0.25) is 4.79 Å². The van der Waals surface area contributed by atoms with E-state index in [2.05, 4.69) is 15.5 Å². The molecule has 6 heteroatoms. The number of hydrazone groups is 1. The number of carbonyl (C=O) groups excluding carboxylic acids is 1. The molecule has 0 fully saturated rings. The van der Waals surface area contributed by atoms with Crippen LogP contribution in [0.3, 0.4) is 0 Å². The number of hydrogen-bond acceptors (Lipinski definition) is 4. The van der Waals surface area contributed by atoms with Crippen molar-refractivity contribution in [2.75, 3.05) is 0 Å². The molecule has 6 nitrogen and oxygen atoms in total. The molecule has 2 N–H and O–H groups in total. The van der Waals surface area contributed by atoms with Crippen LogP contribution in [0.15, 0.2) is 53.6 Å². The third-order valence-corrected chi connectivity index (χ3v) is 3.48. The van der Waals surface area contributed by atoms with Crippen molar-refractivity contribution >= 4 is 23.2 Å². The molecule has 1 aromatic heterocycles. The molecule has 2 aromatic carbocycles. The highest BCUT2D eigenvalue weighted by atomic mass is 16.3. The lowest BCUT2D eigenvalue weighted by atomic mass is 10.2. The van der Waals surface area contributed by atoms with Gasteiger partial charge in [-0.2, -0.15) is 5.10 Å². The van der Waals surface area contributed by atoms with Crippen LogP contribution < -0.4 is 5.43 Å². The standard InChI is InChI=1S/C17H16N4O2/c1-12-19-14-7-3-4-8-15(14)21(12)11-17(23)20-18-10-13-6-2-5-9-16(13)22/h2-10,22H,11H2,1H3,(H,20,23). The van der Waals surface area contributed by atoms with E-state index in [4.69, 9.17) is 0 Å². The number of para-hydroxylation sites is 3. The predicted molar refractivity (Wildman–Crippen MR) is 88.3 cm³/mol. The molecule has 0 unspecified atom stereocenters. The molecular formula is C17H16N4O2. The molecule has 0 saturated heterocycles. The van der Waals surface area contributed by atoms with Gasteiger partial charge in [0.2, 0.25) is 0 Å². The summed E-state index contributed by atoms with van der Waals surface area (Å²) in [5.74, 6) is 0.621. The zero-order valence-corrected chi connectivity index (χ0v) is 12.6. The van der Waals surface area contributed by atoms with Gasteiger partial charge in [-0.05, 0) is 31.2 Å². The first kappa shape index (κ1) is 14.8. The number of nitrogens with one attached hydrogen (secondary N) is 1. The van der Waals surface area contributed by atoms with Crippen LogP contribution in [0.1, 0.15) is 11.4 Å². The predicted octanol–water partition coefficient (Wildman–Crippen LogP) is 2.20. The van der Waals surface area contributed by atoms with Crippen LogP contribution >= 0.6 is 0 Å². The van der Waals surface area contributed by atoms with Crippen LogP contribution in [0, 0.1) is 6.92 Å². The molecule has 3 aromatic rings. The number of imidazole rings is 1. The van der Waals surface area contributed by atoms with Crippen molar-refractivity contribution in [3.8, 4) is 5.75 Å². The largest absolute Gasteiger partial charge is 0.507 e. The quantitative estimate of drug-likeness (QED) is 0.573. The summed E-state index contributed by atoms with van der Waals surface area (Å²) in [6, 6.07) is 14.4. The van der Waals surface area contributed by atoms with Crippen molar-refractivity contribution in [2.24, 2.45) is 5.10 Å². The van der Waals surface area contributed by atoms with Crippen LogP contribution in [0.2, 0.25) is 0 Å². The third kappa shape index (κ3) is 3.21. The molecule has 0 saturated carbocycles. The summed E-state index contributed by atoms with van der Waals surface area (Å²) in [7, 11) is 0. The Bertz CT molecular complexity index is 883. The maximum Gasteiger partial charge on any atom is 0.260 e. The Hall–Kier alpha value is -3.15. The molecular weight excluding hydrogens is 292 g/mol. The van der Waals surface area contributed by atoms with Gasteiger partial charge < -0.3 is 9.67 Å². The average Bonchev–Trinajstić information content (AvgIpc) is 2.85. The fourth-order valence-corrected chi connectivity index (χ4v) is 2.35. The Kier molecular flexibility index (Phi) is 4.05. The molecule has 0 aliphatic rings. The van der Waals surface area contributed by atoms with Crippen molar-refractivity contribution < 1.29 is 9.90 Å². The molecule has 23 heavy (non-hydrogen) atoms. The molecule has 1 heterocycles. The molecule has 0 aliphatic heterocycles. The highest BCUT2D eigenvalue weighted by Crippen LogP contribution is 2.15. The fourth-order valence-electron chi connectivity index (χ4n) is 2.35. The van der Waals surface area contributed by atoms with Crippen LogP contribution in [-0.2, 0) is 11.3 Å². The van der Waals surface area contributed by atoms with Crippen molar-refractivity contribution in [3.63, 3.8) is 0 Å². The van der Waals surface area contributed by atoms with E-state index in [1.807, 2.05) is 35.8 Å². The van der Waals surface area contributed by atoms with Crippen LogP contribution in [0.4, 0.5) is 0 Å². The van der Waals surface area contributed by atoms with Crippen molar-refractivity contribution in [1.82, 2.24) is 15.0 Å². The van der Waals surface area contributed by atoms with Gasteiger partial charge >= 0.3 is 0 Å². The Morgan fingerprint density at radius 2 is 2.00 bits per heavy atom. The molecule has 1 amide bonds. The summed E-state index contributed by atoms with van der Waals surface area (Å²) in [5.41, 5.74) is 4.76. The minimum Gasteiger partial charge on any atom is -0.507 e. The normalized spacial score (nSPS) is 11.2. The number of aryl methyl sites for hydroxylation is 1. The summed E-state index contributed by atoms with van der Waals surface area (Å²) in [6.07, 6.45) is 1.41. The smallest absolute Gasteiger partial charge is 0.260 e. The Labute approximate surface area is 133 Å². The van der Waals surface area contributed by atoms with Crippen LogP contribution in [0.25, 0.3) is 11.0 Å². The molecule has 0 radical (unpaired) electrons. The second kappa shape index (κ2) is 6.31. The summed E-state index contributed by atoms with van der Waals surface area (Å²) in [6.45, 7) is 1.99. The van der Waals surface area contributed by atoms with Gasteiger partial charge in [0, 0.05) is 5.56 Å². The first-order valence-corrected chi connectivity index (χ1v) is 7.17. The number of fused-ring (bicyclic) bond motifs is 1. The van der Waals surface area contributed by atoms with Crippen molar-refractivity contribution in [2.45, 2.75) is 13.5 Å². The van der Waals surface area contributed by atoms with Gasteiger partial charge in [0.05, 0.1) is 17.2 Å². The van der Waals surface area contributed by atoms with E-state index in [9.17, 15) is 9.90 Å². The first-order valence-electron chi connectivity index (χ1n) is 7.17.